The summed E-state index contributed by atoms with van der Waals surface area (Å²) in [6.45, 7) is 8.93. The van der Waals surface area contributed by atoms with E-state index in [1.807, 2.05) is 20.8 Å². The number of hydrogen-bond donors (Lipinski definition) is 2. The molecule has 7 nitrogen and oxygen atoms in total. The monoisotopic (exact) mass is 546 g/mol. The van der Waals surface area contributed by atoms with Crippen LogP contribution in [0.15, 0.2) is 59.5 Å². The highest BCUT2D eigenvalue weighted by Gasteiger charge is 2.36. The minimum atomic E-state index is -4.66. The minimum Gasteiger partial charge on any atom is -0.350 e. The van der Waals surface area contributed by atoms with E-state index in [1.165, 1.54) is 25.1 Å². The van der Waals surface area contributed by atoms with E-state index in [2.05, 4.69) is 15.6 Å². The van der Waals surface area contributed by atoms with Crippen molar-refractivity contribution in [2.45, 2.75) is 63.7 Å². The normalized spacial score (nSPS) is 14.6. The number of anilines is 3. The van der Waals surface area contributed by atoms with Gasteiger partial charge in [-0.05, 0) is 53.8 Å². The number of halogens is 3. The van der Waals surface area contributed by atoms with Gasteiger partial charge in [0.15, 0.2) is 0 Å². The van der Waals surface area contributed by atoms with Gasteiger partial charge in [-0.2, -0.15) is 13.2 Å². The average Bonchev–Trinajstić information content (AvgIpc) is 2.98. The van der Waals surface area contributed by atoms with Gasteiger partial charge in [-0.15, -0.1) is 0 Å². The van der Waals surface area contributed by atoms with E-state index in [4.69, 9.17) is 0 Å². The molecule has 0 saturated heterocycles. The Morgan fingerprint density at radius 3 is 2.29 bits per heavy atom. The number of alkyl halides is 3. The maximum Gasteiger partial charge on any atom is 0.433 e. The van der Waals surface area contributed by atoms with E-state index in [1.54, 1.807) is 37.3 Å². The molecule has 0 radical (unpaired) electrons. The molecule has 0 spiro atoms. The van der Waals surface area contributed by atoms with Crippen LogP contribution < -0.4 is 14.9 Å². The number of nitrogens with zero attached hydrogens (tertiary/aromatic N) is 2. The molecular formula is C27H29F3N4O3S. The van der Waals surface area contributed by atoms with Crippen molar-refractivity contribution in [2.75, 3.05) is 9.62 Å². The zero-order valence-electron chi connectivity index (χ0n) is 21.6. The van der Waals surface area contributed by atoms with Gasteiger partial charge in [0.05, 0.1) is 28.9 Å². The van der Waals surface area contributed by atoms with Crippen LogP contribution in [-0.2, 0) is 33.0 Å². The van der Waals surface area contributed by atoms with Crippen molar-refractivity contribution < 1.29 is 26.4 Å². The number of amides is 1. The van der Waals surface area contributed by atoms with E-state index in [0.29, 0.717) is 5.56 Å². The number of carbonyl (C=O) groups is 1. The van der Waals surface area contributed by atoms with Crippen molar-refractivity contribution in [2.24, 2.45) is 0 Å². The molecule has 1 aromatic heterocycles. The second-order valence-corrected chi connectivity index (χ2v) is 12.2. The third-order valence-corrected chi connectivity index (χ3v) is 8.13. The first-order valence-electron chi connectivity index (χ1n) is 12.0. The number of carbonyl (C=O) groups excluding carboxylic acids is 1. The fraction of sp³-hybridized carbons (Fsp3) is 0.333. The first-order valence-corrected chi connectivity index (χ1v) is 13.4. The molecular weight excluding hydrogens is 517 g/mol. The predicted molar refractivity (Wildman–Crippen MR) is 140 cm³/mol. The quantitative estimate of drug-likeness (QED) is 0.416. The van der Waals surface area contributed by atoms with Crippen molar-refractivity contribution in [1.29, 1.82) is 0 Å². The van der Waals surface area contributed by atoms with E-state index in [0.717, 1.165) is 15.9 Å². The van der Waals surface area contributed by atoms with E-state index in [-0.39, 0.29) is 45.5 Å². The zero-order chi connectivity index (χ0) is 28.0. The van der Waals surface area contributed by atoms with Crippen LogP contribution >= 0.6 is 0 Å². The lowest BCUT2D eigenvalue weighted by molar-refractivity contribution is -0.141. The van der Waals surface area contributed by atoms with Gasteiger partial charge in [-0.1, -0.05) is 45.0 Å². The number of benzene rings is 2. The summed E-state index contributed by atoms with van der Waals surface area (Å²) in [6, 6.07) is 13.1. The summed E-state index contributed by atoms with van der Waals surface area (Å²) in [7, 11) is -4.15. The first kappa shape index (κ1) is 27.4. The van der Waals surface area contributed by atoms with Crippen molar-refractivity contribution >= 4 is 33.1 Å². The molecule has 2 aromatic carbocycles. The van der Waals surface area contributed by atoms with E-state index >= 15 is 0 Å². The van der Waals surface area contributed by atoms with Gasteiger partial charge in [0.25, 0.3) is 10.0 Å². The van der Waals surface area contributed by atoms with Gasteiger partial charge in [-0.25, -0.2) is 13.4 Å². The second-order valence-electron chi connectivity index (χ2n) is 10.3. The third kappa shape index (κ3) is 5.47. The highest BCUT2D eigenvalue weighted by molar-refractivity contribution is 7.92. The number of aromatic nitrogens is 1. The number of nitrogens with one attached hydrogen (secondary N) is 2. The van der Waals surface area contributed by atoms with Crippen molar-refractivity contribution in [3.63, 3.8) is 0 Å². The lowest BCUT2D eigenvalue weighted by Crippen LogP contribution is -2.31. The highest BCUT2D eigenvalue weighted by Crippen LogP contribution is 2.41. The average molecular weight is 547 g/mol. The topological polar surface area (TPSA) is 91.4 Å². The van der Waals surface area contributed by atoms with Crippen LogP contribution in [0.1, 0.15) is 63.0 Å². The molecule has 0 unspecified atom stereocenters. The Bertz CT molecular complexity index is 1480. The van der Waals surface area contributed by atoms with Crippen LogP contribution in [-0.4, -0.2) is 19.3 Å². The standard InChI is InChI=1S/C27H29F3N4O3S/c1-16(31-17(2)35)18-6-12-22-23(14-18)34(15-19-7-13-24(27(28,29)30)33-25(19)32-22)38(36,37)21-10-8-20(9-11-21)26(3,4)5/h6-14,16H,15H2,1-5H3,(H,31,35)(H,32,33)/t16-/m1/s1. The van der Waals surface area contributed by atoms with Gasteiger partial charge in [0.1, 0.15) is 11.5 Å². The number of pyridine rings is 1. The summed E-state index contributed by atoms with van der Waals surface area (Å²) >= 11 is 0. The molecule has 2 heterocycles. The lowest BCUT2D eigenvalue weighted by Gasteiger charge is -2.26. The van der Waals surface area contributed by atoms with Crippen molar-refractivity contribution in [3.8, 4) is 0 Å². The molecule has 3 aromatic rings. The molecule has 1 amide bonds. The molecule has 0 saturated carbocycles. The second kappa shape index (κ2) is 9.61. The summed E-state index contributed by atoms with van der Waals surface area (Å²) in [5.74, 6) is -0.338. The van der Waals surface area contributed by atoms with Gasteiger partial charge < -0.3 is 10.6 Å². The number of fused-ring (bicyclic) bond motifs is 2. The van der Waals surface area contributed by atoms with Gasteiger partial charge in [0, 0.05) is 12.5 Å². The maximum atomic E-state index is 14.0. The molecule has 4 rings (SSSR count). The van der Waals surface area contributed by atoms with E-state index < -0.39 is 27.9 Å². The Morgan fingerprint density at radius 1 is 1.05 bits per heavy atom. The smallest absolute Gasteiger partial charge is 0.350 e. The highest BCUT2D eigenvalue weighted by atomic mass is 32.2. The molecule has 11 heteroatoms. The largest absolute Gasteiger partial charge is 0.433 e. The number of hydrogen-bond acceptors (Lipinski definition) is 5. The summed E-state index contributed by atoms with van der Waals surface area (Å²) in [4.78, 5) is 15.4. The van der Waals surface area contributed by atoms with Crippen LogP contribution in [0.5, 0.6) is 0 Å². The van der Waals surface area contributed by atoms with Crippen LogP contribution in [0.2, 0.25) is 0 Å². The Hall–Kier alpha value is -3.60. The van der Waals surface area contributed by atoms with Crippen LogP contribution in [0.3, 0.4) is 0 Å². The Balaban J connectivity index is 1.87. The molecule has 1 aliphatic rings. The minimum absolute atomic E-state index is 0.0417. The SMILES string of the molecule is CC(=O)N[C@H](C)c1ccc2c(c1)N(S(=O)(=O)c1ccc(C(C)(C)C)cc1)Cc1ccc(C(F)(F)F)nc1N2. The van der Waals surface area contributed by atoms with Crippen LogP contribution in [0, 0.1) is 0 Å². The number of rotatable bonds is 4. The molecule has 38 heavy (non-hydrogen) atoms. The molecule has 0 fully saturated rings. The molecule has 0 aliphatic carbocycles. The van der Waals surface area contributed by atoms with Crippen molar-refractivity contribution in [1.82, 2.24) is 10.3 Å². The fourth-order valence-corrected chi connectivity index (χ4v) is 5.69. The van der Waals surface area contributed by atoms with Gasteiger partial charge >= 0.3 is 6.18 Å². The summed E-state index contributed by atoms with van der Waals surface area (Å²) in [5, 5.41) is 5.66. The fourth-order valence-electron chi connectivity index (χ4n) is 4.24. The number of sulfonamides is 1. The molecule has 2 N–H and O–H groups in total. The zero-order valence-corrected chi connectivity index (χ0v) is 22.5. The molecule has 202 valence electrons. The Labute approximate surface area is 220 Å². The first-order chi connectivity index (χ1) is 17.6. The summed E-state index contributed by atoms with van der Waals surface area (Å²) in [5.41, 5.74) is 1.08. The molecule has 0 bridgehead atoms. The van der Waals surface area contributed by atoms with Crippen molar-refractivity contribution in [3.05, 3.63) is 77.0 Å². The van der Waals surface area contributed by atoms with Gasteiger partial charge in [-0.3, -0.25) is 9.10 Å². The summed E-state index contributed by atoms with van der Waals surface area (Å²) < 4.78 is 69.3. The lowest BCUT2D eigenvalue weighted by atomic mass is 9.87. The third-order valence-electron chi connectivity index (χ3n) is 6.35. The Morgan fingerprint density at radius 2 is 1.71 bits per heavy atom. The van der Waals surface area contributed by atoms with Crippen LogP contribution in [0.4, 0.5) is 30.4 Å². The Kier molecular flexibility index (Phi) is 6.94. The maximum absolute atomic E-state index is 14.0. The predicted octanol–water partition coefficient (Wildman–Crippen LogP) is 6.05. The van der Waals surface area contributed by atoms with Crippen LogP contribution in [0.25, 0.3) is 0 Å². The summed E-state index contributed by atoms with van der Waals surface area (Å²) in [6.07, 6.45) is -4.66. The van der Waals surface area contributed by atoms with Gasteiger partial charge in [0.2, 0.25) is 5.91 Å². The molecule has 1 atom stereocenters. The van der Waals surface area contributed by atoms with E-state index in [9.17, 15) is 26.4 Å². The molecule has 1 aliphatic heterocycles.